The van der Waals surface area contributed by atoms with Gasteiger partial charge in [-0.25, -0.2) is 13.1 Å². The number of amides is 1. The molecule has 1 aromatic carbocycles. The fourth-order valence-corrected chi connectivity index (χ4v) is 2.59. The largest absolute Gasteiger partial charge is 0.497 e. The number of carbonyl (C=O) groups excluding carboxylic acids is 1. The quantitative estimate of drug-likeness (QED) is 0.635. The second-order valence-electron chi connectivity index (χ2n) is 5.57. The molecule has 1 amide bonds. The van der Waals surface area contributed by atoms with E-state index in [9.17, 15) is 13.2 Å². The molecule has 6 nitrogen and oxygen atoms in total. The van der Waals surface area contributed by atoms with Gasteiger partial charge in [0.15, 0.2) is 0 Å². The Morgan fingerprint density at radius 1 is 1.17 bits per heavy atom. The number of sulfonamides is 1. The van der Waals surface area contributed by atoms with Crippen molar-refractivity contribution in [3.63, 3.8) is 0 Å². The lowest BCUT2D eigenvalue weighted by molar-refractivity contribution is -0.121. The minimum absolute atomic E-state index is 0.0347. The summed E-state index contributed by atoms with van der Waals surface area (Å²) in [5.74, 6) is 0.747. The van der Waals surface area contributed by atoms with Gasteiger partial charge in [-0.05, 0) is 44.4 Å². The summed E-state index contributed by atoms with van der Waals surface area (Å²) in [6.45, 7) is 4.11. The molecule has 0 unspecified atom stereocenters. The molecule has 0 atom stereocenters. The third-order valence-corrected chi connectivity index (χ3v) is 5.25. The SMILES string of the molecule is COc1ccc(CNC(=O)CCCCNS(=O)(=O)C(C)C)cc1. The molecular formula is C16H26N2O4S. The van der Waals surface area contributed by atoms with Crippen LogP contribution in [0.1, 0.15) is 38.7 Å². The molecular weight excluding hydrogens is 316 g/mol. The Morgan fingerprint density at radius 2 is 1.83 bits per heavy atom. The molecule has 130 valence electrons. The van der Waals surface area contributed by atoms with Gasteiger partial charge < -0.3 is 10.1 Å². The molecule has 0 fully saturated rings. The van der Waals surface area contributed by atoms with E-state index < -0.39 is 15.3 Å². The first kappa shape index (κ1) is 19.4. The Labute approximate surface area is 138 Å². The van der Waals surface area contributed by atoms with Crippen LogP contribution < -0.4 is 14.8 Å². The zero-order chi connectivity index (χ0) is 17.3. The Bertz CT molecular complexity index is 583. The third-order valence-electron chi connectivity index (χ3n) is 3.40. The van der Waals surface area contributed by atoms with Crippen molar-refractivity contribution < 1.29 is 17.9 Å². The van der Waals surface area contributed by atoms with Crippen LogP contribution in [0.4, 0.5) is 0 Å². The van der Waals surface area contributed by atoms with Gasteiger partial charge in [0.2, 0.25) is 15.9 Å². The van der Waals surface area contributed by atoms with Gasteiger partial charge in [-0.15, -0.1) is 0 Å². The van der Waals surface area contributed by atoms with Crippen LogP contribution in [0.2, 0.25) is 0 Å². The molecule has 0 aliphatic rings. The van der Waals surface area contributed by atoms with E-state index >= 15 is 0 Å². The third kappa shape index (κ3) is 7.47. The first-order valence-corrected chi connectivity index (χ1v) is 9.28. The van der Waals surface area contributed by atoms with Crippen molar-refractivity contribution in [2.24, 2.45) is 0 Å². The highest BCUT2D eigenvalue weighted by Gasteiger charge is 2.14. The highest BCUT2D eigenvalue weighted by molar-refractivity contribution is 7.90. The molecule has 1 rings (SSSR count). The average Bonchev–Trinajstić information content (AvgIpc) is 2.52. The predicted molar refractivity (Wildman–Crippen MR) is 90.8 cm³/mol. The van der Waals surface area contributed by atoms with E-state index in [1.807, 2.05) is 24.3 Å². The fraction of sp³-hybridized carbons (Fsp3) is 0.562. The normalized spacial score (nSPS) is 11.5. The summed E-state index contributed by atoms with van der Waals surface area (Å²) < 4.78 is 30.7. The maximum absolute atomic E-state index is 11.7. The van der Waals surface area contributed by atoms with Crippen LogP contribution in [0.25, 0.3) is 0 Å². The van der Waals surface area contributed by atoms with Gasteiger partial charge in [-0.2, -0.15) is 0 Å². The van der Waals surface area contributed by atoms with Crippen LogP contribution in [-0.4, -0.2) is 33.2 Å². The molecule has 0 aliphatic heterocycles. The average molecular weight is 342 g/mol. The molecule has 0 aliphatic carbocycles. The Balaban J connectivity index is 2.17. The van der Waals surface area contributed by atoms with Crippen molar-refractivity contribution >= 4 is 15.9 Å². The van der Waals surface area contributed by atoms with Crippen LogP contribution in [-0.2, 0) is 21.4 Å². The monoisotopic (exact) mass is 342 g/mol. The molecule has 0 bridgehead atoms. The summed E-state index contributed by atoms with van der Waals surface area (Å²) in [7, 11) is -1.60. The summed E-state index contributed by atoms with van der Waals surface area (Å²) >= 11 is 0. The van der Waals surface area contributed by atoms with E-state index in [1.165, 1.54) is 0 Å². The smallest absolute Gasteiger partial charge is 0.220 e. The lowest BCUT2D eigenvalue weighted by Crippen LogP contribution is -2.31. The number of carbonyl (C=O) groups is 1. The van der Waals surface area contributed by atoms with Crippen LogP contribution in [0, 0.1) is 0 Å². The van der Waals surface area contributed by atoms with Crippen molar-refractivity contribution in [3.05, 3.63) is 29.8 Å². The molecule has 0 radical (unpaired) electrons. The van der Waals surface area contributed by atoms with Crippen molar-refractivity contribution in [1.82, 2.24) is 10.0 Å². The van der Waals surface area contributed by atoms with Crippen molar-refractivity contribution in [2.45, 2.75) is 44.9 Å². The Morgan fingerprint density at radius 3 is 2.39 bits per heavy atom. The number of hydrogen-bond donors (Lipinski definition) is 2. The van der Waals surface area contributed by atoms with Crippen molar-refractivity contribution in [1.29, 1.82) is 0 Å². The second kappa shape index (κ2) is 9.52. The van der Waals surface area contributed by atoms with Crippen LogP contribution in [0.5, 0.6) is 5.75 Å². The molecule has 1 aromatic rings. The van der Waals surface area contributed by atoms with Gasteiger partial charge in [0.05, 0.1) is 12.4 Å². The van der Waals surface area contributed by atoms with Gasteiger partial charge in [0.25, 0.3) is 0 Å². The molecule has 23 heavy (non-hydrogen) atoms. The summed E-state index contributed by atoms with van der Waals surface area (Å²) in [5, 5.41) is 2.41. The molecule has 0 saturated heterocycles. The van der Waals surface area contributed by atoms with E-state index in [0.29, 0.717) is 32.4 Å². The number of benzene rings is 1. The number of hydrogen-bond acceptors (Lipinski definition) is 4. The molecule has 0 aromatic heterocycles. The Kier molecular flexibility index (Phi) is 8.05. The van der Waals surface area contributed by atoms with E-state index in [1.54, 1.807) is 21.0 Å². The highest BCUT2D eigenvalue weighted by atomic mass is 32.2. The van der Waals surface area contributed by atoms with E-state index in [4.69, 9.17) is 4.74 Å². The van der Waals surface area contributed by atoms with E-state index in [2.05, 4.69) is 10.0 Å². The molecule has 2 N–H and O–H groups in total. The van der Waals surface area contributed by atoms with Gasteiger partial charge >= 0.3 is 0 Å². The number of methoxy groups -OCH3 is 1. The van der Waals surface area contributed by atoms with E-state index in [-0.39, 0.29) is 5.91 Å². The molecule has 0 heterocycles. The predicted octanol–water partition coefficient (Wildman–Crippen LogP) is 1.81. The first-order chi connectivity index (χ1) is 10.8. The number of rotatable bonds is 10. The van der Waals surface area contributed by atoms with Gasteiger partial charge in [-0.1, -0.05) is 12.1 Å². The van der Waals surface area contributed by atoms with Gasteiger partial charge in [0.1, 0.15) is 5.75 Å². The van der Waals surface area contributed by atoms with Crippen LogP contribution in [0.3, 0.4) is 0 Å². The second-order valence-corrected chi connectivity index (χ2v) is 7.89. The van der Waals surface area contributed by atoms with Crippen molar-refractivity contribution in [3.8, 4) is 5.75 Å². The Hall–Kier alpha value is -1.60. The zero-order valence-corrected chi connectivity index (χ0v) is 14.8. The van der Waals surface area contributed by atoms with Crippen LogP contribution in [0.15, 0.2) is 24.3 Å². The maximum atomic E-state index is 11.7. The summed E-state index contributed by atoms with van der Waals surface area (Å²) in [5.41, 5.74) is 1.00. The summed E-state index contributed by atoms with van der Waals surface area (Å²) in [4.78, 5) is 11.7. The first-order valence-electron chi connectivity index (χ1n) is 7.73. The maximum Gasteiger partial charge on any atom is 0.220 e. The lowest BCUT2D eigenvalue weighted by Gasteiger charge is -2.09. The minimum atomic E-state index is -3.21. The summed E-state index contributed by atoms with van der Waals surface area (Å²) in [6, 6.07) is 7.50. The topological polar surface area (TPSA) is 84.5 Å². The summed E-state index contributed by atoms with van der Waals surface area (Å²) in [6.07, 6.45) is 1.68. The number of nitrogens with one attached hydrogen (secondary N) is 2. The zero-order valence-electron chi connectivity index (χ0n) is 14.0. The van der Waals surface area contributed by atoms with Crippen molar-refractivity contribution in [2.75, 3.05) is 13.7 Å². The van der Waals surface area contributed by atoms with Gasteiger partial charge in [0, 0.05) is 19.5 Å². The highest BCUT2D eigenvalue weighted by Crippen LogP contribution is 2.11. The van der Waals surface area contributed by atoms with Crippen LogP contribution >= 0.6 is 0 Å². The molecule has 7 heteroatoms. The fourth-order valence-electron chi connectivity index (χ4n) is 1.82. The van der Waals surface area contributed by atoms with Gasteiger partial charge in [-0.3, -0.25) is 4.79 Å². The molecule has 0 saturated carbocycles. The number of ether oxygens (including phenoxy) is 1. The number of unbranched alkanes of at least 4 members (excludes halogenated alkanes) is 1. The minimum Gasteiger partial charge on any atom is -0.497 e. The standard InChI is InChI=1S/C16H26N2O4S/c1-13(2)23(20,21)18-11-5-4-6-16(19)17-12-14-7-9-15(22-3)10-8-14/h7-10,13,18H,4-6,11-12H2,1-3H3,(H,17,19). The lowest BCUT2D eigenvalue weighted by atomic mass is 10.2. The van der Waals surface area contributed by atoms with E-state index in [0.717, 1.165) is 11.3 Å². The molecule has 0 spiro atoms.